The molecule has 6 nitrogen and oxygen atoms in total. The molecule has 0 spiro atoms. The first-order chi connectivity index (χ1) is 15.1. The van der Waals surface area contributed by atoms with E-state index in [2.05, 4.69) is 10.5 Å². The quantitative estimate of drug-likeness (QED) is 0.548. The van der Waals surface area contributed by atoms with Gasteiger partial charge >= 0.3 is 0 Å². The molecule has 0 bridgehead atoms. The number of thiophene rings is 1. The van der Waals surface area contributed by atoms with Crippen LogP contribution in [0.3, 0.4) is 0 Å². The van der Waals surface area contributed by atoms with Crippen LogP contribution in [0.2, 0.25) is 4.34 Å². The first-order valence-corrected chi connectivity index (χ1v) is 10.9. The summed E-state index contributed by atoms with van der Waals surface area (Å²) in [5.41, 5.74) is 4.54. The zero-order chi connectivity index (χ0) is 21.8. The lowest BCUT2D eigenvalue weighted by molar-refractivity contribution is 0.0755. The lowest BCUT2D eigenvalue weighted by Crippen LogP contribution is -2.31. The molecule has 2 N–H and O–H groups in total. The Morgan fingerprint density at radius 1 is 1.23 bits per heavy atom. The van der Waals surface area contributed by atoms with Crippen molar-refractivity contribution in [2.24, 2.45) is 5.16 Å². The van der Waals surface area contributed by atoms with Crippen LogP contribution in [0.15, 0.2) is 59.8 Å². The number of amides is 1. The molecular formula is C23H21ClN2O4S. The fourth-order valence-electron chi connectivity index (χ4n) is 3.39. The van der Waals surface area contributed by atoms with Crippen molar-refractivity contribution in [2.45, 2.75) is 19.1 Å². The van der Waals surface area contributed by atoms with E-state index in [9.17, 15) is 9.90 Å². The van der Waals surface area contributed by atoms with Crippen molar-refractivity contribution in [1.29, 1.82) is 0 Å². The minimum atomic E-state index is -0.211. The molecule has 1 aromatic heterocycles. The molecule has 0 fully saturated rings. The van der Waals surface area contributed by atoms with Crippen molar-refractivity contribution in [3.63, 3.8) is 0 Å². The van der Waals surface area contributed by atoms with Gasteiger partial charge in [-0.05, 0) is 46.5 Å². The molecule has 2 aromatic carbocycles. The second-order valence-electron chi connectivity index (χ2n) is 7.04. The molecule has 0 saturated heterocycles. The molecule has 160 valence electrons. The van der Waals surface area contributed by atoms with E-state index in [0.29, 0.717) is 27.9 Å². The number of benzene rings is 2. The van der Waals surface area contributed by atoms with Crippen LogP contribution in [0, 0.1) is 0 Å². The Hall–Kier alpha value is -2.87. The molecule has 0 radical (unpaired) electrons. The number of aliphatic hydroxyl groups excluding tert-OH is 1. The Morgan fingerprint density at radius 3 is 2.68 bits per heavy atom. The number of methoxy groups -OCH3 is 1. The summed E-state index contributed by atoms with van der Waals surface area (Å²) in [6.07, 6.45) is 0.395. The Kier molecular flexibility index (Phi) is 6.56. The van der Waals surface area contributed by atoms with Gasteiger partial charge in [0.2, 0.25) is 0 Å². The van der Waals surface area contributed by atoms with Crippen molar-refractivity contribution in [2.75, 3.05) is 13.7 Å². The number of oxime groups is 1. The molecule has 3 aromatic rings. The number of hydrogen-bond acceptors (Lipinski definition) is 6. The molecular weight excluding hydrogens is 436 g/mol. The number of nitrogens with one attached hydrogen (secondary N) is 1. The van der Waals surface area contributed by atoms with Crippen LogP contribution in [0.25, 0.3) is 11.1 Å². The molecule has 1 unspecified atom stereocenters. The van der Waals surface area contributed by atoms with Crippen molar-refractivity contribution in [1.82, 2.24) is 5.32 Å². The highest BCUT2D eigenvalue weighted by Crippen LogP contribution is 2.28. The minimum absolute atomic E-state index is 0.0695. The summed E-state index contributed by atoms with van der Waals surface area (Å²) in [5, 5.41) is 16.7. The van der Waals surface area contributed by atoms with Crippen LogP contribution in [0.5, 0.6) is 5.75 Å². The number of carbonyl (C=O) groups is 1. The third-order valence-corrected chi connectivity index (χ3v) is 6.26. The minimum Gasteiger partial charge on any atom is -0.497 e. The van der Waals surface area contributed by atoms with Crippen LogP contribution in [-0.2, 0) is 11.4 Å². The highest BCUT2D eigenvalue weighted by atomic mass is 35.5. The van der Waals surface area contributed by atoms with Crippen LogP contribution < -0.4 is 10.1 Å². The van der Waals surface area contributed by atoms with E-state index in [1.807, 2.05) is 42.5 Å². The van der Waals surface area contributed by atoms with Gasteiger partial charge in [0.15, 0.2) is 0 Å². The normalized spacial score (nSPS) is 15.3. The van der Waals surface area contributed by atoms with E-state index < -0.39 is 0 Å². The van der Waals surface area contributed by atoms with Gasteiger partial charge in [-0.3, -0.25) is 4.79 Å². The van der Waals surface area contributed by atoms with Gasteiger partial charge in [-0.1, -0.05) is 47.1 Å². The molecule has 4 rings (SSSR count). The molecule has 1 aliphatic rings. The maximum atomic E-state index is 12.2. The van der Waals surface area contributed by atoms with Gasteiger partial charge in [-0.2, -0.15) is 0 Å². The molecule has 1 atom stereocenters. The Balaban J connectivity index is 1.37. The molecule has 1 aliphatic heterocycles. The third kappa shape index (κ3) is 4.90. The van der Waals surface area contributed by atoms with Gasteiger partial charge in [0.25, 0.3) is 5.91 Å². The first-order valence-electron chi connectivity index (χ1n) is 9.72. The Labute approximate surface area is 189 Å². The SMILES string of the molecule is COc1ccc(-c2ccc(C3=NOC(CNC(=O)c4ccc(Cl)s4)C3)cc2)c(CO)c1. The molecule has 0 saturated carbocycles. The van der Waals surface area contributed by atoms with E-state index in [1.54, 1.807) is 19.2 Å². The number of ether oxygens (including phenoxy) is 1. The molecule has 0 aliphatic carbocycles. The van der Waals surface area contributed by atoms with Crippen molar-refractivity contribution in [3.8, 4) is 16.9 Å². The summed E-state index contributed by atoms with van der Waals surface area (Å²) in [6.45, 7) is 0.297. The van der Waals surface area contributed by atoms with Gasteiger partial charge in [-0.25, -0.2) is 0 Å². The van der Waals surface area contributed by atoms with Crippen molar-refractivity contribution in [3.05, 3.63) is 74.9 Å². The predicted molar refractivity (Wildman–Crippen MR) is 122 cm³/mol. The average molecular weight is 457 g/mol. The lowest BCUT2D eigenvalue weighted by atomic mass is 9.97. The first kappa shape index (κ1) is 21.4. The predicted octanol–water partition coefficient (Wildman–Crippen LogP) is 4.49. The van der Waals surface area contributed by atoms with Crippen LogP contribution in [0.4, 0.5) is 0 Å². The van der Waals surface area contributed by atoms with Gasteiger partial charge < -0.3 is 20.0 Å². The summed E-state index contributed by atoms with van der Waals surface area (Å²) in [6, 6.07) is 17.0. The number of aliphatic hydroxyl groups is 1. The summed E-state index contributed by atoms with van der Waals surface area (Å²) < 4.78 is 5.81. The standard InChI is InChI=1S/C23H21ClN2O4S/c1-29-17-6-7-19(16(10-17)13-27)14-2-4-15(5-3-14)20-11-18(30-26-20)12-25-23(28)21-8-9-22(24)31-21/h2-10,18,27H,11-13H2,1H3,(H,25,28). The van der Waals surface area contributed by atoms with E-state index in [1.165, 1.54) is 11.3 Å². The van der Waals surface area contributed by atoms with Crippen molar-refractivity contribution < 1.29 is 19.5 Å². The fraction of sp³-hybridized carbons (Fsp3) is 0.217. The number of halogens is 1. The maximum Gasteiger partial charge on any atom is 0.261 e. The molecule has 1 amide bonds. The zero-order valence-corrected chi connectivity index (χ0v) is 18.4. The van der Waals surface area contributed by atoms with Gasteiger partial charge in [-0.15, -0.1) is 11.3 Å². The van der Waals surface area contributed by atoms with E-state index in [0.717, 1.165) is 28.0 Å². The van der Waals surface area contributed by atoms with E-state index in [4.69, 9.17) is 21.2 Å². The summed E-state index contributed by atoms with van der Waals surface area (Å²) >= 11 is 7.12. The number of carbonyl (C=O) groups excluding carboxylic acids is 1. The second-order valence-corrected chi connectivity index (χ2v) is 8.76. The maximum absolute atomic E-state index is 12.2. The highest BCUT2D eigenvalue weighted by molar-refractivity contribution is 7.18. The van der Waals surface area contributed by atoms with E-state index >= 15 is 0 Å². The van der Waals surface area contributed by atoms with Gasteiger partial charge in [0.1, 0.15) is 11.9 Å². The molecule has 8 heteroatoms. The summed E-state index contributed by atoms with van der Waals surface area (Å²) in [7, 11) is 1.60. The van der Waals surface area contributed by atoms with Crippen LogP contribution in [0.1, 0.15) is 27.2 Å². The van der Waals surface area contributed by atoms with E-state index in [-0.39, 0.29) is 18.6 Å². The highest BCUT2D eigenvalue weighted by Gasteiger charge is 2.23. The molecule has 31 heavy (non-hydrogen) atoms. The summed E-state index contributed by atoms with van der Waals surface area (Å²) in [4.78, 5) is 18.2. The van der Waals surface area contributed by atoms with Gasteiger partial charge in [0, 0.05) is 6.42 Å². The second kappa shape index (κ2) is 9.51. The van der Waals surface area contributed by atoms with Crippen LogP contribution >= 0.6 is 22.9 Å². The smallest absolute Gasteiger partial charge is 0.261 e. The Morgan fingerprint density at radius 2 is 2.00 bits per heavy atom. The molecule has 2 heterocycles. The number of hydrogen-bond donors (Lipinski definition) is 2. The fourth-order valence-corrected chi connectivity index (χ4v) is 4.35. The van der Waals surface area contributed by atoms with Gasteiger partial charge in [0.05, 0.1) is 35.2 Å². The largest absolute Gasteiger partial charge is 0.497 e. The number of rotatable bonds is 7. The average Bonchev–Trinajstić information content (AvgIpc) is 3.46. The third-order valence-electron chi connectivity index (χ3n) is 5.03. The Bertz CT molecular complexity index is 1110. The monoisotopic (exact) mass is 456 g/mol. The van der Waals surface area contributed by atoms with Crippen molar-refractivity contribution >= 4 is 34.6 Å². The number of nitrogens with zero attached hydrogens (tertiary/aromatic N) is 1. The lowest BCUT2D eigenvalue weighted by Gasteiger charge is -2.11. The summed E-state index contributed by atoms with van der Waals surface area (Å²) in [5.74, 6) is 0.541. The topological polar surface area (TPSA) is 80.2 Å². The zero-order valence-electron chi connectivity index (χ0n) is 16.8. The van der Waals surface area contributed by atoms with Crippen LogP contribution in [-0.4, -0.2) is 36.5 Å².